The molecule has 3 N–H and O–H groups in total. The van der Waals surface area contributed by atoms with Gasteiger partial charge >= 0.3 is 0 Å². The summed E-state index contributed by atoms with van der Waals surface area (Å²) in [6.45, 7) is 0. The van der Waals surface area contributed by atoms with Gasteiger partial charge in [-0.15, -0.1) is 0 Å². The Balaban J connectivity index is 1.54. The van der Waals surface area contributed by atoms with Gasteiger partial charge in [-0.25, -0.2) is 0 Å². The van der Waals surface area contributed by atoms with E-state index in [4.69, 9.17) is 5.73 Å². The van der Waals surface area contributed by atoms with Crippen molar-refractivity contribution in [1.82, 2.24) is 5.32 Å². The lowest BCUT2D eigenvalue weighted by atomic mass is 9.84. The first-order valence-electron chi connectivity index (χ1n) is 7.36. The molecule has 2 saturated carbocycles. The highest BCUT2D eigenvalue weighted by molar-refractivity contribution is 5.80. The normalized spacial score (nSPS) is 33.7. The maximum atomic E-state index is 12.2. The van der Waals surface area contributed by atoms with Gasteiger partial charge in [0.25, 0.3) is 0 Å². The number of amides is 1. The molecule has 1 aromatic rings. The average Bonchev–Trinajstić information content (AvgIpc) is 3.19. The molecule has 4 unspecified atom stereocenters. The number of nitrogens with one attached hydrogen (secondary N) is 1. The molecule has 4 atom stereocenters. The third kappa shape index (κ3) is 2.81. The van der Waals surface area contributed by atoms with E-state index in [9.17, 15) is 4.79 Å². The van der Waals surface area contributed by atoms with Crippen LogP contribution in [0.25, 0.3) is 0 Å². The average molecular weight is 258 g/mol. The Bertz CT molecular complexity index is 445. The van der Waals surface area contributed by atoms with Gasteiger partial charge < -0.3 is 11.1 Å². The van der Waals surface area contributed by atoms with Crippen LogP contribution in [0.5, 0.6) is 0 Å². The predicted octanol–water partition coefficient (Wildman–Crippen LogP) is 2.18. The van der Waals surface area contributed by atoms with Crippen LogP contribution in [0.3, 0.4) is 0 Å². The first kappa shape index (κ1) is 12.7. The molecule has 0 radical (unpaired) electrons. The molecule has 0 aromatic heterocycles. The summed E-state index contributed by atoms with van der Waals surface area (Å²) in [5.41, 5.74) is 7.39. The second-order valence-corrected chi connectivity index (χ2v) is 5.92. The van der Waals surface area contributed by atoms with Crippen LogP contribution in [-0.2, 0) is 4.79 Å². The fraction of sp³-hybridized carbons (Fsp3) is 0.562. The molecule has 0 aliphatic heterocycles. The van der Waals surface area contributed by atoms with Crippen LogP contribution in [0, 0.1) is 5.92 Å². The lowest BCUT2D eigenvalue weighted by Crippen LogP contribution is -2.44. The molecule has 2 aliphatic rings. The fourth-order valence-electron chi connectivity index (χ4n) is 3.20. The summed E-state index contributed by atoms with van der Waals surface area (Å²) in [5.74, 6) is 0.714. The lowest BCUT2D eigenvalue weighted by molar-refractivity contribution is -0.126. The minimum absolute atomic E-state index is 0.0331. The molecular formula is C16H22N2O. The second-order valence-electron chi connectivity index (χ2n) is 5.92. The fourth-order valence-corrected chi connectivity index (χ4v) is 3.20. The van der Waals surface area contributed by atoms with Gasteiger partial charge in [0.2, 0.25) is 5.91 Å². The highest BCUT2D eigenvalue weighted by Gasteiger charge is 2.41. The number of carbonyl (C=O) groups is 1. The van der Waals surface area contributed by atoms with Crippen LogP contribution in [0.15, 0.2) is 30.3 Å². The summed E-state index contributed by atoms with van der Waals surface area (Å²) in [6.07, 6.45) is 5.32. The summed E-state index contributed by atoms with van der Waals surface area (Å²) in [6, 6.07) is 10.8. The van der Waals surface area contributed by atoms with Crippen molar-refractivity contribution in [3.05, 3.63) is 35.9 Å². The zero-order valence-corrected chi connectivity index (χ0v) is 11.2. The van der Waals surface area contributed by atoms with Gasteiger partial charge in [-0.3, -0.25) is 4.79 Å². The Morgan fingerprint density at radius 1 is 1.16 bits per heavy atom. The van der Waals surface area contributed by atoms with Crippen molar-refractivity contribution in [1.29, 1.82) is 0 Å². The van der Waals surface area contributed by atoms with Crippen LogP contribution in [0.4, 0.5) is 0 Å². The highest BCUT2D eigenvalue weighted by atomic mass is 16.2. The van der Waals surface area contributed by atoms with E-state index in [0.717, 1.165) is 25.7 Å². The van der Waals surface area contributed by atoms with E-state index >= 15 is 0 Å². The van der Waals surface area contributed by atoms with Gasteiger partial charge in [-0.05, 0) is 24.8 Å². The van der Waals surface area contributed by atoms with E-state index in [1.807, 2.05) is 6.07 Å². The Kier molecular flexibility index (Phi) is 3.56. The monoisotopic (exact) mass is 258 g/mol. The van der Waals surface area contributed by atoms with E-state index < -0.39 is 0 Å². The molecule has 0 bridgehead atoms. The second kappa shape index (κ2) is 5.33. The van der Waals surface area contributed by atoms with E-state index in [2.05, 4.69) is 29.6 Å². The van der Waals surface area contributed by atoms with Crippen LogP contribution in [-0.4, -0.2) is 18.0 Å². The van der Waals surface area contributed by atoms with E-state index in [0.29, 0.717) is 12.0 Å². The maximum Gasteiger partial charge on any atom is 0.224 e. The summed E-state index contributed by atoms with van der Waals surface area (Å²) < 4.78 is 0. The zero-order chi connectivity index (χ0) is 13.2. The minimum atomic E-state index is 0.0331. The molecule has 19 heavy (non-hydrogen) atoms. The summed E-state index contributed by atoms with van der Waals surface area (Å²) in [7, 11) is 0. The van der Waals surface area contributed by atoms with Crippen molar-refractivity contribution in [3.63, 3.8) is 0 Å². The first-order chi connectivity index (χ1) is 9.25. The number of hydrogen-bond acceptors (Lipinski definition) is 2. The number of hydrogen-bond donors (Lipinski definition) is 2. The smallest absolute Gasteiger partial charge is 0.224 e. The van der Waals surface area contributed by atoms with Crippen LogP contribution < -0.4 is 11.1 Å². The van der Waals surface area contributed by atoms with Crippen LogP contribution >= 0.6 is 0 Å². The number of rotatable bonds is 3. The first-order valence-corrected chi connectivity index (χ1v) is 7.36. The van der Waals surface area contributed by atoms with Gasteiger partial charge in [-0.2, -0.15) is 0 Å². The molecular weight excluding hydrogens is 236 g/mol. The Morgan fingerprint density at radius 3 is 2.63 bits per heavy atom. The molecule has 3 heteroatoms. The van der Waals surface area contributed by atoms with Crippen molar-refractivity contribution in [3.8, 4) is 0 Å². The van der Waals surface area contributed by atoms with Crippen molar-refractivity contribution in [2.75, 3.05) is 0 Å². The molecule has 102 valence electrons. The maximum absolute atomic E-state index is 12.2. The topological polar surface area (TPSA) is 55.1 Å². The van der Waals surface area contributed by atoms with Crippen molar-refractivity contribution < 1.29 is 4.79 Å². The summed E-state index contributed by atoms with van der Waals surface area (Å²) in [4.78, 5) is 12.2. The number of benzene rings is 1. The third-order valence-corrected chi connectivity index (χ3v) is 4.50. The van der Waals surface area contributed by atoms with Gasteiger partial charge in [0.1, 0.15) is 0 Å². The molecule has 1 amide bonds. The third-order valence-electron chi connectivity index (χ3n) is 4.50. The predicted molar refractivity (Wildman–Crippen MR) is 75.7 cm³/mol. The van der Waals surface area contributed by atoms with Crippen LogP contribution in [0.1, 0.15) is 43.6 Å². The number of nitrogens with two attached hydrogens (primary N) is 1. The number of carbonyl (C=O) groups excluding carboxylic acids is 1. The highest BCUT2D eigenvalue weighted by Crippen LogP contribution is 2.41. The molecule has 1 aromatic carbocycles. The molecule has 2 fully saturated rings. The Morgan fingerprint density at radius 2 is 1.89 bits per heavy atom. The van der Waals surface area contributed by atoms with Crippen LogP contribution in [0.2, 0.25) is 0 Å². The lowest BCUT2D eigenvalue weighted by Gasteiger charge is -2.27. The van der Waals surface area contributed by atoms with Gasteiger partial charge in [-0.1, -0.05) is 43.2 Å². The standard InChI is InChI=1S/C16H22N2O/c17-14-9-5-4-8-12(14)16(19)18-15-10-13(15)11-6-2-1-3-7-11/h1-3,6-7,12-15H,4-5,8-10,17H2,(H,18,19). The molecule has 2 aliphatic carbocycles. The zero-order valence-electron chi connectivity index (χ0n) is 11.2. The van der Waals surface area contributed by atoms with Crippen molar-refractivity contribution >= 4 is 5.91 Å². The minimum Gasteiger partial charge on any atom is -0.352 e. The molecule has 3 nitrogen and oxygen atoms in total. The molecule has 3 rings (SSSR count). The van der Waals surface area contributed by atoms with E-state index in [-0.39, 0.29) is 17.9 Å². The molecule has 0 spiro atoms. The quantitative estimate of drug-likeness (QED) is 0.873. The van der Waals surface area contributed by atoms with Gasteiger partial charge in [0.15, 0.2) is 0 Å². The summed E-state index contributed by atoms with van der Waals surface area (Å²) >= 11 is 0. The van der Waals surface area contributed by atoms with Crippen molar-refractivity contribution in [2.45, 2.75) is 50.1 Å². The summed E-state index contributed by atoms with van der Waals surface area (Å²) in [5, 5.41) is 3.18. The SMILES string of the molecule is NC1CCCCC1C(=O)NC1CC1c1ccccc1. The van der Waals surface area contributed by atoms with Gasteiger partial charge in [0.05, 0.1) is 5.92 Å². The van der Waals surface area contributed by atoms with Crippen molar-refractivity contribution in [2.24, 2.45) is 11.7 Å². The Hall–Kier alpha value is -1.35. The van der Waals surface area contributed by atoms with Gasteiger partial charge in [0, 0.05) is 18.0 Å². The largest absolute Gasteiger partial charge is 0.352 e. The van der Waals surface area contributed by atoms with E-state index in [1.54, 1.807) is 0 Å². The Labute approximate surface area is 114 Å². The molecule has 0 saturated heterocycles. The van der Waals surface area contributed by atoms with E-state index in [1.165, 1.54) is 12.0 Å². The molecule has 0 heterocycles.